The van der Waals surface area contributed by atoms with Crippen molar-refractivity contribution in [3.63, 3.8) is 0 Å². The summed E-state index contributed by atoms with van der Waals surface area (Å²) in [5.41, 5.74) is 2.44. The molecule has 0 aliphatic carbocycles. The predicted molar refractivity (Wildman–Crippen MR) is 96.2 cm³/mol. The van der Waals surface area contributed by atoms with E-state index in [-0.39, 0.29) is 0 Å². The zero-order valence-corrected chi connectivity index (χ0v) is 13.1. The van der Waals surface area contributed by atoms with Gasteiger partial charge in [-0.25, -0.2) is 0 Å². The topological polar surface area (TPSA) is 0 Å². The maximum Gasteiger partial charge on any atom is 0.0254 e. The van der Waals surface area contributed by atoms with E-state index in [0.717, 1.165) is 4.47 Å². The number of halogens is 1. The summed E-state index contributed by atoms with van der Waals surface area (Å²) in [5, 5.41) is 2.50. The van der Waals surface area contributed by atoms with E-state index in [0.29, 0.717) is 0 Å². The first-order valence-corrected chi connectivity index (χ1v) is 7.71. The molecule has 0 amide bonds. The maximum absolute atomic E-state index is 3.61. The van der Waals surface area contributed by atoms with Crippen LogP contribution in [-0.2, 0) is 0 Å². The van der Waals surface area contributed by atoms with Crippen LogP contribution < -0.4 is 0 Å². The van der Waals surface area contributed by atoms with E-state index in [2.05, 4.69) is 88.8 Å². The second-order valence-corrected chi connectivity index (χ2v) is 5.67. The molecule has 0 spiro atoms. The van der Waals surface area contributed by atoms with Gasteiger partial charge < -0.3 is 0 Å². The Kier molecular flexibility index (Phi) is 4.32. The van der Waals surface area contributed by atoms with Crippen LogP contribution in [0.3, 0.4) is 0 Å². The Morgan fingerprint density at radius 2 is 1.29 bits per heavy atom. The fourth-order valence-electron chi connectivity index (χ4n) is 2.32. The van der Waals surface area contributed by atoms with Gasteiger partial charge in [-0.1, -0.05) is 101 Å². The number of hydrogen-bond acceptors (Lipinski definition) is 0. The van der Waals surface area contributed by atoms with E-state index < -0.39 is 0 Å². The molecule has 0 radical (unpaired) electrons. The summed E-state index contributed by atoms with van der Waals surface area (Å²) >= 11 is 3.61. The molecule has 0 fully saturated rings. The first-order chi connectivity index (χ1) is 10.3. The first-order valence-electron chi connectivity index (χ1n) is 6.92. The average Bonchev–Trinajstić information content (AvgIpc) is 2.55. The van der Waals surface area contributed by atoms with Gasteiger partial charge in [0.25, 0.3) is 0 Å². The molecule has 21 heavy (non-hydrogen) atoms. The van der Waals surface area contributed by atoms with Crippen LogP contribution in [-0.4, -0.2) is 0 Å². The lowest BCUT2D eigenvalue weighted by Gasteiger charge is -2.04. The molecule has 3 aromatic carbocycles. The molecule has 0 atom stereocenters. The zero-order valence-electron chi connectivity index (χ0n) is 11.5. The molecule has 0 nitrogen and oxygen atoms in total. The third-order valence-corrected chi connectivity index (χ3v) is 4.07. The van der Waals surface area contributed by atoms with Crippen LogP contribution in [0, 0.1) is 0 Å². The smallest absolute Gasteiger partial charge is 0.0254 e. The van der Waals surface area contributed by atoms with Gasteiger partial charge in [0.2, 0.25) is 0 Å². The minimum absolute atomic E-state index is 1.13. The van der Waals surface area contributed by atoms with Crippen molar-refractivity contribution in [2.24, 2.45) is 0 Å². The summed E-state index contributed by atoms with van der Waals surface area (Å²) < 4.78 is 1.13. The van der Waals surface area contributed by atoms with Crippen molar-refractivity contribution >= 4 is 38.9 Å². The highest BCUT2D eigenvalue weighted by atomic mass is 79.9. The molecular weight excluding hydrogens is 320 g/mol. The Morgan fingerprint density at radius 3 is 2.10 bits per heavy atom. The van der Waals surface area contributed by atoms with Crippen molar-refractivity contribution in [3.05, 3.63) is 94.5 Å². The van der Waals surface area contributed by atoms with E-state index in [4.69, 9.17) is 0 Å². The summed E-state index contributed by atoms with van der Waals surface area (Å²) in [7, 11) is 0. The van der Waals surface area contributed by atoms with Gasteiger partial charge in [0, 0.05) is 4.47 Å². The first kappa shape index (κ1) is 13.8. The van der Waals surface area contributed by atoms with Crippen molar-refractivity contribution < 1.29 is 0 Å². The fourth-order valence-corrected chi connectivity index (χ4v) is 2.80. The van der Waals surface area contributed by atoms with Crippen molar-refractivity contribution in [2.45, 2.75) is 0 Å². The molecule has 0 unspecified atom stereocenters. The Morgan fingerprint density at radius 1 is 0.619 bits per heavy atom. The highest BCUT2D eigenvalue weighted by Gasteiger charge is 2.00. The van der Waals surface area contributed by atoms with Gasteiger partial charge in [-0.15, -0.1) is 0 Å². The zero-order chi connectivity index (χ0) is 14.5. The van der Waals surface area contributed by atoms with Crippen molar-refractivity contribution in [3.8, 4) is 0 Å². The van der Waals surface area contributed by atoms with Crippen LogP contribution in [0.2, 0.25) is 0 Å². The van der Waals surface area contributed by atoms with E-state index in [1.807, 2.05) is 18.2 Å². The van der Waals surface area contributed by atoms with E-state index in [1.54, 1.807) is 0 Å². The highest BCUT2D eigenvalue weighted by molar-refractivity contribution is 9.10. The second-order valence-electron chi connectivity index (χ2n) is 4.81. The van der Waals surface area contributed by atoms with Gasteiger partial charge in [0.05, 0.1) is 0 Å². The molecule has 0 aromatic heterocycles. The number of hydrogen-bond donors (Lipinski definition) is 0. The van der Waals surface area contributed by atoms with Crippen LogP contribution in [0.4, 0.5) is 0 Å². The molecule has 102 valence electrons. The molecule has 0 saturated carbocycles. The lowest BCUT2D eigenvalue weighted by molar-refractivity contribution is 1.66. The van der Waals surface area contributed by atoms with Crippen molar-refractivity contribution in [1.29, 1.82) is 0 Å². The summed E-state index contributed by atoms with van der Waals surface area (Å²) in [6.07, 6.45) is 8.42. The SMILES string of the molecule is Brc1ccc(C=CC=Cc2ccccc2)c2ccccc12. The van der Waals surface area contributed by atoms with Gasteiger partial charge >= 0.3 is 0 Å². The lowest BCUT2D eigenvalue weighted by Crippen LogP contribution is -1.79. The summed E-state index contributed by atoms with van der Waals surface area (Å²) in [6, 6.07) is 23.0. The molecule has 1 heteroatoms. The van der Waals surface area contributed by atoms with E-state index in [9.17, 15) is 0 Å². The van der Waals surface area contributed by atoms with Gasteiger partial charge in [-0.3, -0.25) is 0 Å². The van der Waals surface area contributed by atoms with Crippen molar-refractivity contribution in [1.82, 2.24) is 0 Å². The minimum atomic E-state index is 1.13. The Bertz CT molecular complexity index is 798. The Balaban J connectivity index is 1.87. The number of rotatable bonds is 3. The second kappa shape index (κ2) is 6.55. The van der Waals surface area contributed by atoms with Gasteiger partial charge in [0.1, 0.15) is 0 Å². The quantitative estimate of drug-likeness (QED) is 0.491. The minimum Gasteiger partial charge on any atom is -0.0622 e. The third kappa shape index (κ3) is 3.32. The molecule has 0 aliphatic rings. The largest absolute Gasteiger partial charge is 0.0622 e. The summed E-state index contributed by atoms with van der Waals surface area (Å²) in [6.45, 7) is 0. The van der Waals surface area contributed by atoms with Crippen LogP contribution >= 0.6 is 15.9 Å². The van der Waals surface area contributed by atoms with Crippen LogP contribution in [0.5, 0.6) is 0 Å². The van der Waals surface area contributed by atoms with Crippen molar-refractivity contribution in [2.75, 3.05) is 0 Å². The van der Waals surface area contributed by atoms with E-state index in [1.165, 1.54) is 21.9 Å². The molecule has 3 rings (SSSR count). The average molecular weight is 335 g/mol. The standard InChI is InChI=1S/C20H15Br/c21-20-15-14-17(18-12-6-7-13-19(18)20)11-5-4-10-16-8-2-1-3-9-16/h1-15H. The molecular formula is C20H15Br. The molecule has 0 bridgehead atoms. The predicted octanol–water partition coefficient (Wildman–Crippen LogP) is 6.33. The molecule has 0 saturated heterocycles. The summed E-state index contributed by atoms with van der Waals surface area (Å²) in [4.78, 5) is 0. The van der Waals surface area contributed by atoms with Gasteiger partial charge in [-0.05, 0) is 28.0 Å². The molecule has 0 aliphatic heterocycles. The molecule has 0 heterocycles. The summed E-state index contributed by atoms with van der Waals surface area (Å²) in [5.74, 6) is 0. The van der Waals surface area contributed by atoms with Crippen LogP contribution in [0.15, 0.2) is 83.4 Å². The van der Waals surface area contributed by atoms with Gasteiger partial charge in [-0.2, -0.15) is 0 Å². The maximum atomic E-state index is 3.61. The molecule has 0 N–H and O–H groups in total. The number of benzene rings is 3. The normalized spacial score (nSPS) is 11.7. The Labute approximate surface area is 133 Å². The number of allylic oxidation sites excluding steroid dienone is 2. The fraction of sp³-hybridized carbons (Fsp3) is 0. The number of fused-ring (bicyclic) bond motifs is 1. The highest BCUT2D eigenvalue weighted by Crippen LogP contribution is 2.27. The van der Waals surface area contributed by atoms with Crippen LogP contribution in [0.25, 0.3) is 22.9 Å². The lowest BCUT2D eigenvalue weighted by atomic mass is 10.0. The molecule has 3 aromatic rings. The third-order valence-electron chi connectivity index (χ3n) is 3.38. The van der Waals surface area contributed by atoms with Crippen LogP contribution in [0.1, 0.15) is 11.1 Å². The Hall–Kier alpha value is -2.12. The monoisotopic (exact) mass is 334 g/mol. The van der Waals surface area contributed by atoms with E-state index >= 15 is 0 Å². The van der Waals surface area contributed by atoms with Gasteiger partial charge in [0.15, 0.2) is 0 Å².